The van der Waals surface area contributed by atoms with E-state index >= 15 is 0 Å². The topological polar surface area (TPSA) is 91.1 Å². The molecule has 5 rings (SSSR count). The minimum absolute atomic E-state index is 0.513. The highest BCUT2D eigenvalue weighted by Gasteiger charge is 2.27. The van der Waals surface area contributed by atoms with E-state index in [4.69, 9.17) is 14.7 Å². The number of nitriles is 1. The van der Waals surface area contributed by atoms with Gasteiger partial charge in [0.15, 0.2) is 5.82 Å². The van der Waals surface area contributed by atoms with Crippen LogP contribution in [0.5, 0.6) is 0 Å². The lowest BCUT2D eigenvalue weighted by atomic mass is 10.0. The van der Waals surface area contributed by atoms with E-state index in [1.807, 2.05) is 24.3 Å². The van der Waals surface area contributed by atoms with Gasteiger partial charge in [-0.15, -0.1) is 0 Å². The summed E-state index contributed by atoms with van der Waals surface area (Å²) in [7, 11) is 0. The number of ether oxygens (including phenoxy) is 1. The molecule has 5 heterocycles. The molecule has 0 aliphatic carbocycles. The van der Waals surface area contributed by atoms with Crippen molar-refractivity contribution in [2.75, 3.05) is 44.3 Å². The van der Waals surface area contributed by atoms with Gasteiger partial charge in [0.2, 0.25) is 0 Å². The minimum Gasteiger partial charge on any atom is -0.379 e. The maximum absolute atomic E-state index is 9.28. The van der Waals surface area contributed by atoms with Gasteiger partial charge in [-0.3, -0.25) is 14.9 Å². The van der Waals surface area contributed by atoms with Gasteiger partial charge in [-0.25, -0.2) is 9.97 Å². The fourth-order valence-corrected chi connectivity index (χ4v) is 4.42. The first kappa shape index (κ1) is 20.5. The van der Waals surface area contributed by atoms with Crippen LogP contribution in [0.1, 0.15) is 18.4 Å². The van der Waals surface area contributed by atoms with E-state index in [1.54, 1.807) is 24.8 Å². The molecule has 2 fully saturated rings. The van der Waals surface area contributed by atoms with E-state index in [2.05, 4.69) is 25.8 Å². The minimum atomic E-state index is 0.513. The number of morpholine rings is 1. The molecule has 8 heteroatoms. The molecule has 3 aromatic heterocycles. The first-order valence-corrected chi connectivity index (χ1v) is 11.0. The summed E-state index contributed by atoms with van der Waals surface area (Å²) in [4.78, 5) is 22.9. The highest BCUT2D eigenvalue weighted by molar-refractivity contribution is 5.68. The number of piperidine rings is 1. The van der Waals surface area contributed by atoms with Crippen LogP contribution in [0.15, 0.2) is 49.1 Å². The number of rotatable bonds is 4. The number of nitrogens with zero attached hydrogens (tertiary/aromatic N) is 7. The quantitative estimate of drug-likeness (QED) is 0.628. The lowest BCUT2D eigenvalue weighted by Gasteiger charge is -2.40. The summed E-state index contributed by atoms with van der Waals surface area (Å²) in [6, 6.07) is 10.4. The molecule has 0 aromatic carbocycles. The molecular weight excluding hydrogens is 402 g/mol. The predicted molar refractivity (Wildman–Crippen MR) is 121 cm³/mol. The molecular formula is C24H25N7O. The average Bonchev–Trinajstić information content (AvgIpc) is 2.89. The summed E-state index contributed by atoms with van der Waals surface area (Å²) >= 11 is 0. The van der Waals surface area contributed by atoms with Gasteiger partial charge in [0, 0.05) is 74.2 Å². The van der Waals surface area contributed by atoms with Crippen molar-refractivity contribution in [3.8, 4) is 28.7 Å². The molecule has 32 heavy (non-hydrogen) atoms. The van der Waals surface area contributed by atoms with E-state index in [-0.39, 0.29) is 0 Å². The SMILES string of the molecule is N#Cc1cncc(-c2cc(N3CCC(N4CCOCC4)CC3)nc(-c3ccncc3)n2)c1. The second-order valence-corrected chi connectivity index (χ2v) is 8.11. The van der Waals surface area contributed by atoms with Crippen LogP contribution in [-0.2, 0) is 4.74 Å². The number of aromatic nitrogens is 4. The Morgan fingerprint density at radius 3 is 2.44 bits per heavy atom. The lowest BCUT2D eigenvalue weighted by molar-refractivity contribution is 0.0115. The van der Waals surface area contributed by atoms with Crippen LogP contribution in [0.4, 0.5) is 5.82 Å². The summed E-state index contributed by atoms with van der Waals surface area (Å²) in [5.41, 5.74) is 3.00. The third kappa shape index (κ3) is 4.44. The van der Waals surface area contributed by atoms with Crippen LogP contribution in [0, 0.1) is 11.3 Å². The Bertz CT molecular complexity index is 1100. The van der Waals surface area contributed by atoms with Crippen molar-refractivity contribution >= 4 is 5.82 Å². The summed E-state index contributed by atoms with van der Waals surface area (Å²) in [5.74, 6) is 1.56. The van der Waals surface area contributed by atoms with Crippen molar-refractivity contribution < 1.29 is 4.74 Å². The zero-order chi connectivity index (χ0) is 21.8. The molecule has 3 aromatic rings. The predicted octanol–water partition coefficient (Wildman–Crippen LogP) is 2.77. The lowest BCUT2D eigenvalue weighted by Crippen LogP contribution is -2.49. The maximum Gasteiger partial charge on any atom is 0.162 e. The van der Waals surface area contributed by atoms with Gasteiger partial charge >= 0.3 is 0 Å². The van der Waals surface area contributed by atoms with Crippen molar-refractivity contribution in [2.24, 2.45) is 0 Å². The smallest absolute Gasteiger partial charge is 0.162 e. The Hall–Kier alpha value is -3.41. The second-order valence-electron chi connectivity index (χ2n) is 8.11. The molecule has 0 amide bonds. The van der Waals surface area contributed by atoms with Crippen LogP contribution in [0.3, 0.4) is 0 Å². The maximum atomic E-state index is 9.28. The van der Waals surface area contributed by atoms with Gasteiger partial charge in [-0.2, -0.15) is 5.26 Å². The molecule has 0 radical (unpaired) electrons. The van der Waals surface area contributed by atoms with Gasteiger partial charge in [0.1, 0.15) is 11.9 Å². The Balaban J connectivity index is 1.44. The molecule has 8 nitrogen and oxygen atoms in total. The molecule has 2 aliphatic heterocycles. The summed E-state index contributed by atoms with van der Waals surface area (Å²) in [5, 5.41) is 9.28. The van der Waals surface area contributed by atoms with Gasteiger partial charge in [-0.1, -0.05) is 0 Å². The highest BCUT2D eigenvalue weighted by Crippen LogP contribution is 2.28. The number of hydrogen-bond donors (Lipinski definition) is 0. The Morgan fingerprint density at radius 2 is 1.69 bits per heavy atom. The molecule has 2 aliphatic rings. The number of pyridine rings is 2. The van der Waals surface area contributed by atoms with Crippen molar-refractivity contribution in [1.29, 1.82) is 5.26 Å². The van der Waals surface area contributed by atoms with E-state index in [9.17, 15) is 5.26 Å². The number of anilines is 1. The summed E-state index contributed by atoms with van der Waals surface area (Å²) < 4.78 is 5.51. The van der Waals surface area contributed by atoms with Crippen LogP contribution >= 0.6 is 0 Å². The molecule has 0 atom stereocenters. The molecule has 0 spiro atoms. The fourth-order valence-electron chi connectivity index (χ4n) is 4.42. The van der Waals surface area contributed by atoms with Crippen LogP contribution in [0.25, 0.3) is 22.6 Å². The Morgan fingerprint density at radius 1 is 0.906 bits per heavy atom. The molecule has 0 N–H and O–H groups in total. The van der Waals surface area contributed by atoms with E-state index in [1.165, 1.54) is 0 Å². The Labute approximate surface area is 187 Å². The van der Waals surface area contributed by atoms with E-state index in [0.29, 0.717) is 17.4 Å². The van der Waals surface area contributed by atoms with E-state index in [0.717, 1.165) is 74.9 Å². The number of hydrogen-bond acceptors (Lipinski definition) is 8. The van der Waals surface area contributed by atoms with Crippen LogP contribution in [0.2, 0.25) is 0 Å². The van der Waals surface area contributed by atoms with Gasteiger partial charge < -0.3 is 9.64 Å². The first-order chi connectivity index (χ1) is 15.8. The van der Waals surface area contributed by atoms with Gasteiger partial charge in [0.05, 0.1) is 24.5 Å². The Kier molecular flexibility index (Phi) is 6.01. The standard InChI is InChI=1S/C24H25N7O/c25-15-18-13-20(17-27-16-18)22-14-23(29-24(28-22)19-1-5-26-6-2-19)31-7-3-21(4-8-31)30-9-11-32-12-10-30/h1-2,5-6,13-14,16-17,21H,3-4,7-12H2. The monoisotopic (exact) mass is 427 g/mol. The molecule has 0 bridgehead atoms. The van der Waals surface area contributed by atoms with E-state index < -0.39 is 0 Å². The fraction of sp³-hybridized carbons (Fsp3) is 0.375. The largest absolute Gasteiger partial charge is 0.379 e. The zero-order valence-corrected chi connectivity index (χ0v) is 17.9. The van der Waals surface area contributed by atoms with Crippen LogP contribution in [-0.4, -0.2) is 70.3 Å². The van der Waals surface area contributed by atoms with Crippen molar-refractivity contribution in [3.05, 3.63) is 54.6 Å². The molecule has 162 valence electrons. The van der Waals surface area contributed by atoms with Gasteiger partial charge in [-0.05, 0) is 31.0 Å². The molecule has 0 unspecified atom stereocenters. The molecule has 0 saturated carbocycles. The normalized spacial score (nSPS) is 17.8. The third-order valence-electron chi connectivity index (χ3n) is 6.16. The first-order valence-electron chi connectivity index (χ1n) is 11.0. The second kappa shape index (κ2) is 9.39. The van der Waals surface area contributed by atoms with Gasteiger partial charge in [0.25, 0.3) is 0 Å². The summed E-state index contributed by atoms with van der Waals surface area (Å²) in [6.07, 6.45) is 9.01. The third-order valence-corrected chi connectivity index (χ3v) is 6.16. The van der Waals surface area contributed by atoms with Crippen molar-refractivity contribution in [2.45, 2.75) is 18.9 Å². The summed E-state index contributed by atoms with van der Waals surface area (Å²) in [6.45, 7) is 5.62. The van der Waals surface area contributed by atoms with Crippen molar-refractivity contribution in [3.63, 3.8) is 0 Å². The highest BCUT2D eigenvalue weighted by atomic mass is 16.5. The molecule has 2 saturated heterocycles. The van der Waals surface area contributed by atoms with Crippen LogP contribution < -0.4 is 4.90 Å². The zero-order valence-electron chi connectivity index (χ0n) is 17.9. The average molecular weight is 428 g/mol. The van der Waals surface area contributed by atoms with Crippen molar-refractivity contribution in [1.82, 2.24) is 24.8 Å².